The van der Waals surface area contributed by atoms with Crippen molar-refractivity contribution in [1.29, 1.82) is 0 Å². The zero-order chi connectivity index (χ0) is 13.7. The van der Waals surface area contributed by atoms with E-state index >= 15 is 0 Å². The van der Waals surface area contributed by atoms with Crippen LogP contribution in [0.3, 0.4) is 0 Å². The van der Waals surface area contributed by atoms with E-state index in [0.717, 1.165) is 31.0 Å². The van der Waals surface area contributed by atoms with Crippen LogP contribution >= 0.6 is 23.4 Å². The molecule has 1 fully saturated rings. The molecule has 1 aliphatic rings. The van der Waals surface area contributed by atoms with Crippen LogP contribution in [0.25, 0.3) is 0 Å². The molecular weight excluding hydrogens is 276 g/mol. The van der Waals surface area contributed by atoms with Crippen molar-refractivity contribution in [2.45, 2.75) is 32.2 Å². The first-order valence-corrected chi connectivity index (χ1v) is 8.60. The second-order valence-corrected chi connectivity index (χ2v) is 6.76. The number of benzene rings is 1. The molecule has 1 aliphatic heterocycles. The van der Waals surface area contributed by atoms with Gasteiger partial charge in [-0.15, -0.1) is 0 Å². The summed E-state index contributed by atoms with van der Waals surface area (Å²) in [6.45, 7) is 4.40. The van der Waals surface area contributed by atoms with Gasteiger partial charge in [-0.25, -0.2) is 0 Å². The van der Waals surface area contributed by atoms with Gasteiger partial charge in [0.2, 0.25) is 0 Å². The normalized spacial score (nSPS) is 18.2. The minimum Gasteiger partial charge on any atom is -0.370 e. The van der Waals surface area contributed by atoms with E-state index in [2.05, 4.69) is 24.0 Å². The first-order chi connectivity index (χ1) is 9.20. The van der Waals surface area contributed by atoms with E-state index in [4.69, 9.17) is 17.3 Å². The molecule has 1 unspecified atom stereocenters. The summed E-state index contributed by atoms with van der Waals surface area (Å²) in [4.78, 5) is 2.49. The highest BCUT2D eigenvalue weighted by atomic mass is 35.5. The molecule has 1 aromatic carbocycles. The van der Waals surface area contributed by atoms with Crippen molar-refractivity contribution in [2.75, 3.05) is 29.5 Å². The molecule has 19 heavy (non-hydrogen) atoms. The maximum atomic E-state index is 6.15. The van der Waals surface area contributed by atoms with Gasteiger partial charge in [-0.3, -0.25) is 0 Å². The van der Waals surface area contributed by atoms with Gasteiger partial charge in [-0.05, 0) is 48.8 Å². The molecule has 1 heterocycles. The number of anilines is 1. The Hall–Kier alpha value is -0.380. The van der Waals surface area contributed by atoms with E-state index in [1.807, 2.05) is 17.8 Å². The Bertz CT molecular complexity index is 403. The zero-order valence-electron chi connectivity index (χ0n) is 11.6. The first kappa shape index (κ1) is 15.0. The SMILES string of the molecule is CCC(N)Cc1cc(Cl)ccc1N1CCCSCC1. The standard InChI is InChI=1S/C15H23ClN2S/c1-2-14(17)11-12-10-13(16)4-5-15(12)18-6-3-8-19-9-7-18/h4-5,10,14H,2-3,6-9,11,17H2,1H3. The number of nitrogens with two attached hydrogens (primary N) is 1. The molecule has 2 N–H and O–H groups in total. The summed E-state index contributed by atoms with van der Waals surface area (Å²) in [6, 6.07) is 6.47. The number of hydrogen-bond acceptors (Lipinski definition) is 3. The molecule has 0 radical (unpaired) electrons. The predicted molar refractivity (Wildman–Crippen MR) is 87.6 cm³/mol. The molecule has 1 saturated heterocycles. The van der Waals surface area contributed by atoms with Gasteiger partial charge in [-0.2, -0.15) is 11.8 Å². The molecule has 0 saturated carbocycles. The van der Waals surface area contributed by atoms with Crippen LogP contribution in [0.1, 0.15) is 25.3 Å². The summed E-state index contributed by atoms with van der Waals surface area (Å²) >= 11 is 8.20. The van der Waals surface area contributed by atoms with Crippen LogP contribution in [0.5, 0.6) is 0 Å². The van der Waals surface area contributed by atoms with Gasteiger partial charge in [0, 0.05) is 35.6 Å². The molecule has 0 amide bonds. The lowest BCUT2D eigenvalue weighted by Crippen LogP contribution is -2.28. The number of nitrogens with zero attached hydrogens (tertiary/aromatic N) is 1. The van der Waals surface area contributed by atoms with Gasteiger partial charge in [0.1, 0.15) is 0 Å². The van der Waals surface area contributed by atoms with Gasteiger partial charge in [0.25, 0.3) is 0 Å². The third-order valence-electron chi connectivity index (χ3n) is 3.61. The van der Waals surface area contributed by atoms with Gasteiger partial charge < -0.3 is 10.6 Å². The number of thioether (sulfide) groups is 1. The maximum Gasteiger partial charge on any atom is 0.0410 e. The molecule has 0 spiro atoms. The lowest BCUT2D eigenvalue weighted by atomic mass is 10.0. The molecule has 1 aromatic rings. The van der Waals surface area contributed by atoms with Gasteiger partial charge in [-0.1, -0.05) is 18.5 Å². The van der Waals surface area contributed by atoms with Crippen molar-refractivity contribution in [2.24, 2.45) is 5.73 Å². The fourth-order valence-corrected chi connectivity index (χ4v) is 3.52. The molecule has 0 aromatic heterocycles. The van der Waals surface area contributed by atoms with Crippen molar-refractivity contribution in [1.82, 2.24) is 0 Å². The quantitative estimate of drug-likeness (QED) is 0.921. The van der Waals surface area contributed by atoms with Crippen molar-refractivity contribution in [3.05, 3.63) is 28.8 Å². The molecule has 2 rings (SSSR count). The second kappa shape index (κ2) is 7.41. The number of hydrogen-bond donors (Lipinski definition) is 1. The van der Waals surface area contributed by atoms with E-state index in [9.17, 15) is 0 Å². The van der Waals surface area contributed by atoms with Crippen LogP contribution in [0.4, 0.5) is 5.69 Å². The Balaban J connectivity index is 2.21. The molecule has 0 aliphatic carbocycles. The summed E-state index contributed by atoms with van der Waals surface area (Å²) in [5.41, 5.74) is 8.75. The average Bonchev–Trinajstić information content (AvgIpc) is 2.67. The van der Waals surface area contributed by atoms with Crippen LogP contribution < -0.4 is 10.6 Å². The van der Waals surface area contributed by atoms with E-state index in [-0.39, 0.29) is 6.04 Å². The Labute approximate surface area is 125 Å². The largest absolute Gasteiger partial charge is 0.370 e. The summed E-state index contributed by atoms with van der Waals surface area (Å²) in [5.74, 6) is 2.48. The summed E-state index contributed by atoms with van der Waals surface area (Å²) in [7, 11) is 0. The van der Waals surface area contributed by atoms with Gasteiger partial charge >= 0.3 is 0 Å². The average molecular weight is 299 g/mol. The van der Waals surface area contributed by atoms with E-state index in [1.54, 1.807) is 0 Å². The topological polar surface area (TPSA) is 29.3 Å². The zero-order valence-corrected chi connectivity index (χ0v) is 13.1. The minimum atomic E-state index is 0.221. The molecule has 2 nitrogen and oxygen atoms in total. The highest BCUT2D eigenvalue weighted by Gasteiger charge is 2.15. The van der Waals surface area contributed by atoms with Crippen LogP contribution in [0.15, 0.2) is 18.2 Å². The lowest BCUT2D eigenvalue weighted by molar-refractivity contribution is 0.644. The first-order valence-electron chi connectivity index (χ1n) is 7.07. The molecule has 4 heteroatoms. The van der Waals surface area contributed by atoms with Crippen LogP contribution in [-0.2, 0) is 6.42 Å². The molecule has 1 atom stereocenters. The van der Waals surface area contributed by atoms with E-state index in [1.165, 1.54) is 29.2 Å². The second-order valence-electron chi connectivity index (χ2n) is 5.10. The van der Waals surface area contributed by atoms with Crippen LogP contribution in [-0.4, -0.2) is 30.6 Å². The Morgan fingerprint density at radius 2 is 2.21 bits per heavy atom. The Kier molecular flexibility index (Phi) is 5.86. The van der Waals surface area contributed by atoms with E-state index < -0.39 is 0 Å². The van der Waals surface area contributed by atoms with Crippen LogP contribution in [0, 0.1) is 0 Å². The van der Waals surface area contributed by atoms with Crippen molar-refractivity contribution in [3.63, 3.8) is 0 Å². The third-order valence-corrected chi connectivity index (χ3v) is 4.89. The monoisotopic (exact) mass is 298 g/mol. The fraction of sp³-hybridized carbons (Fsp3) is 0.600. The Morgan fingerprint density at radius 3 is 3.00 bits per heavy atom. The molecule has 0 bridgehead atoms. The highest BCUT2D eigenvalue weighted by Crippen LogP contribution is 2.27. The van der Waals surface area contributed by atoms with Crippen molar-refractivity contribution < 1.29 is 0 Å². The summed E-state index contributed by atoms with van der Waals surface area (Å²) in [5, 5.41) is 0.811. The third kappa shape index (κ3) is 4.30. The van der Waals surface area contributed by atoms with Crippen LogP contribution in [0.2, 0.25) is 5.02 Å². The van der Waals surface area contributed by atoms with E-state index in [0.29, 0.717) is 0 Å². The van der Waals surface area contributed by atoms with Crippen molar-refractivity contribution >= 4 is 29.1 Å². The predicted octanol–water partition coefficient (Wildman–Crippen LogP) is 3.56. The smallest absolute Gasteiger partial charge is 0.0410 e. The summed E-state index contributed by atoms with van der Waals surface area (Å²) < 4.78 is 0. The molecular formula is C15H23ClN2S. The lowest BCUT2D eigenvalue weighted by Gasteiger charge is -2.26. The van der Waals surface area contributed by atoms with Gasteiger partial charge in [0.05, 0.1) is 0 Å². The Morgan fingerprint density at radius 1 is 1.37 bits per heavy atom. The minimum absolute atomic E-state index is 0.221. The fourth-order valence-electron chi connectivity index (χ4n) is 2.44. The molecule has 106 valence electrons. The number of rotatable bonds is 4. The highest BCUT2D eigenvalue weighted by molar-refractivity contribution is 7.99. The van der Waals surface area contributed by atoms with Crippen molar-refractivity contribution in [3.8, 4) is 0 Å². The van der Waals surface area contributed by atoms with Gasteiger partial charge in [0.15, 0.2) is 0 Å². The number of halogens is 1. The summed E-state index contributed by atoms with van der Waals surface area (Å²) in [6.07, 6.45) is 3.17. The maximum absolute atomic E-state index is 6.15.